The largest absolute Gasteiger partial charge is 0.299 e. The molecule has 0 saturated carbocycles. The lowest BCUT2D eigenvalue weighted by atomic mass is 10.2. The second-order valence-corrected chi connectivity index (χ2v) is 2.99. The van der Waals surface area contributed by atoms with Gasteiger partial charge in [-0.1, -0.05) is 30.3 Å². The van der Waals surface area contributed by atoms with Crippen molar-refractivity contribution in [1.82, 2.24) is 4.90 Å². The van der Waals surface area contributed by atoms with E-state index >= 15 is 0 Å². The molecular formula is C11H15N. The third kappa shape index (κ3) is 1.86. The van der Waals surface area contributed by atoms with E-state index in [1.165, 1.54) is 0 Å². The van der Waals surface area contributed by atoms with Gasteiger partial charge in [0, 0.05) is 10.7 Å². The lowest BCUT2D eigenvalue weighted by Gasteiger charge is -2.13. The standard InChI is InChI=1S/C11H15N/c1-2-6-11(7-3-1)10-12-8-4-5-9-12/h1-3,6-7H,4-5,8-10H2/i8D,9D2. The Balaban J connectivity index is 2.11. The second-order valence-electron chi connectivity index (χ2n) is 2.99. The highest BCUT2D eigenvalue weighted by atomic mass is 15.1. The lowest BCUT2D eigenvalue weighted by Crippen LogP contribution is -2.18. The van der Waals surface area contributed by atoms with Crippen LogP contribution < -0.4 is 0 Å². The Morgan fingerprint density at radius 2 is 2.08 bits per heavy atom. The van der Waals surface area contributed by atoms with Gasteiger partial charge in [-0.2, -0.15) is 0 Å². The van der Waals surface area contributed by atoms with Gasteiger partial charge in [0.2, 0.25) is 0 Å². The van der Waals surface area contributed by atoms with E-state index in [4.69, 9.17) is 4.11 Å². The molecule has 1 saturated heterocycles. The highest BCUT2D eigenvalue weighted by molar-refractivity contribution is 5.14. The predicted octanol–water partition coefficient (Wildman–Crippen LogP) is 2.28. The molecule has 0 spiro atoms. The van der Waals surface area contributed by atoms with Crippen molar-refractivity contribution in [1.29, 1.82) is 0 Å². The summed E-state index contributed by atoms with van der Waals surface area (Å²) in [5.74, 6) is 0. The topological polar surface area (TPSA) is 3.24 Å². The van der Waals surface area contributed by atoms with Crippen molar-refractivity contribution in [2.75, 3.05) is 13.0 Å². The Hall–Kier alpha value is -0.820. The summed E-state index contributed by atoms with van der Waals surface area (Å²) >= 11 is 0. The molecule has 0 aromatic heterocycles. The summed E-state index contributed by atoms with van der Waals surface area (Å²) in [7, 11) is 0. The highest BCUT2D eigenvalue weighted by Crippen LogP contribution is 2.11. The number of rotatable bonds is 2. The molecule has 2 rings (SSSR count). The van der Waals surface area contributed by atoms with E-state index in [1.54, 1.807) is 4.90 Å². The minimum atomic E-state index is -1.32. The average molecular weight is 164 g/mol. The maximum absolute atomic E-state index is 7.80. The number of benzene rings is 1. The fourth-order valence-electron chi connectivity index (χ4n) is 1.39. The zero-order valence-corrected chi connectivity index (χ0v) is 7.03. The third-order valence-corrected chi connectivity index (χ3v) is 2.00. The average Bonchev–Trinajstić information content (AvgIpc) is 2.47. The number of nitrogens with zero attached hydrogens (tertiary/aromatic N) is 1. The van der Waals surface area contributed by atoms with Gasteiger partial charge >= 0.3 is 0 Å². The summed E-state index contributed by atoms with van der Waals surface area (Å²) in [6, 6.07) is 9.78. The van der Waals surface area contributed by atoms with Crippen LogP contribution in [0.1, 0.15) is 22.5 Å². The van der Waals surface area contributed by atoms with Gasteiger partial charge in [0.25, 0.3) is 0 Å². The molecule has 1 aromatic carbocycles. The van der Waals surface area contributed by atoms with Gasteiger partial charge in [-0.05, 0) is 31.4 Å². The van der Waals surface area contributed by atoms with Crippen LogP contribution in [0.3, 0.4) is 0 Å². The quantitative estimate of drug-likeness (QED) is 0.648. The first kappa shape index (κ1) is 5.03. The molecule has 1 fully saturated rings. The van der Waals surface area contributed by atoms with Gasteiger partial charge in [0.05, 0.1) is 0 Å². The van der Waals surface area contributed by atoms with Gasteiger partial charge in [-0.15, -0.1) is 0 Å². The fourth-order valence-corrected chi connectivity index (χ4v) is 1.39. The summed E-state index contributed by atoms with van der Waals surface area (Å²) in [6.45, 7) is -1.19. The van der Waals surface area contributed by atoms with Crippen LogP contribution >= 0.6 is 0 Å². The number of hydrogen-bond donors (Lipinski definition) is 0. The van der Waals surface area contributed by atoms with Crippen LogP contribution in [-0.2, 0) is 6.54 Å². The molecule has 0 aliphatic carbocycles. The summed E-state index contributed by atoms with van der Waals surface area (Å²) in [5.41, 5.74) is 1.07. The molecule has 12 heavy (non-hydrogen) atoms. The molecular weight excluding hydrogens is 146 g/mol. The second kappa shape index (κ2) is 3.72. The molecule has 1 aromatic rings. The Bertz CT molecular complexity index is 326. The van der Waals surface area contributed by atoms with E-state index in [9.17, 15) is 0 Å². The molecule has 1 atom stereocenters. The predicted molar refractivity (Wildman–Crippen MR) is 51.0 cm³/mol. The Kier molecular flexibility index (Phi) is 1.56. The van der Waals surface area contributed by atoms with E-state index < -0.39 is 13.0 Å². The minimum absolute atomic E-state index is 0.403. The van der Waals surface area contributed by atoms with Crippen molar-refractivity contribution in [2.24, 2.45) is 0 Å². The Morgan fingerprint density at radius 1 is 1.25 bits per heavy atom. The molecule has 1 aliphatic heterocycles. The number of hydrogen-bond acceptors (Lipinski definition) is 1. The maximum Gasteiger partial charge on any atom is 0.0431 e. The van der Waals surface area contributed by atoms with Gasteiger partial charge in [-0.3, -0.25) is 4.90 Å². The zero-order valence-electron chi connectivity index (χ0n) is 10.0. The Labute approximate surface area is 78.2 Å². The van der Waals surface area contributed by atoms with Crippen LogP contribution in [-0.4, -0.2) is 17.9 Å². The maximum atomic E-state index is 7.80. The van der Waals surface area contributed by atoms with Crippen molar-refractivity contribution >= 4 is 0 Å². The summed E-state index contributed by atoms with van der Waals surface area (Å²) < 4.78 is 23.4. The van der Waals surface area contributed by atoms with Crippen LogP contribution in [0.25, 0.3) is 0 Å². The van der Waals surface area contributed by atoms with Crippen molar-refractivity contribution in [3.63, 3.8) is 0 Å². The van der Waals surface area contributed by atoms with Crippen LogP contribution in [0, 0.1) is 0 Å². The van der Waals surface area contributed by atoms with E-state index in [2.05, 4.69) is 0 Å². The van der Waals surface area contributed by atoms with Crippen molar-refractivity contribution in [3.8, 4) is 0 Å². The van der Waals surface area contributed by atoms with Crippen molar-refractivity contribution in [2.45, 2.75) is 19.4 Å². The monoisotopic (exact) mass is 164 g/mol. The van der Waals surface area contributed by atoms with Crippen LogP contribution in [0.15, 0.2) is 30.3 Å². The molecule has 0 amide bonds. The van der Waals surface area contributed by atoms with E-state index in [1.807, 2.05) is 30.3 Å². The molecule has 1 nitrogen and oxygen atoms in total. The van der Waals surface area contributed by atoms with Gasteiger partial charge in [0.15, 0.2) is 0 Å². The van der Waals surface area contributed by atoms with Gasteiger partial charge < -0.3 is 0 Å². The van der Waals surface area contributed by atoms with E-state index in [0.717, 1.165) is 5.56 Å². The minimum Gasteiger partial charge on any atom is -0.299 e. The fraction of sp³-hybridized carbons (Fsp3) is 0.455. The van der Waals surface area contributed by atoms with Crippen molar-refractivity contribution in [3.05, 3.63) is 35.9 Å². The smallest absolute Gasteiger partial charge is 0.0431 e. The van der Waals surface area contributed by atoms with Crippen LogP contribution in [0.5, 0.6) is 0 Å². The molecule has 1 unspecified atom stereocenters. The number of likely N-dealkylation sites (tertiary alicyclic amines) is 1. The lowest BCUT2D eigenvalue weighted by molar-refractivity contribution is 0.331. The SMILES string of the molecule is [2H]C1CCC([2H])([2H])N1Cc1ccccc1. The van der Waals surface area contributed by atoms with E-state index in [0.29, 0.717) is 19.4 Å². The molecule has 0 bridgehead atoms. The summed E-state index contributed by atoms with van der Waals surface area (Å²) in [4.78, 5) is 1.63. The van der Waals surface area contributed by atoms with Crippen molar-refractivity contribution < 1.29 is 4.11 Å². The molecule has 0 radical (unpaired) electrons. The molecule has 1 aliphatic rings. The zero-order chi connectivity index (χ0) is 10.9. The van der Waals surface area contributed by atoms with Gasteiger partial charge in [-0.25, -0.2) is 0 Å². The van der Waals surface area contributed by atoms with Crippen LogP contribution in [0.4, 0.5) is 0 Å². The Morgan fingerprint density at radius 3 is 2.75 bits per heavy atom. The third-order valence-electron chi connectivity index (χ3n) is 2.00. The summed E-state index contributed by atoms with van der Waals surface area (Å²) in [6.07, 6.45) is 1.09. The normalized spacial score (nSPS) is 32.3. The molecule has 64 valence electrons. The first-order valence-corrected chi connectivity index (χ1v) is 4.32. The molecule has 0 N–H and O–H groups in total. The molecule has 1 heteroatoms. The van der Waals surface area contributed by atoms with Gasteiger partial charge in [0.1, 0.15) is 0 Å². The molecule has 1 heterocycles. The first-order valence-electron chi connectivity index (χ1n) is 5.90. The summed E-state index contributed by atoms with van der Waals surface area (Å²) in [5, 5.41) is 0. The highest BCUT2D eigenvalue weighted by Gasteiger charge is 2.10. The first-order chi connectivity index (χ1) is 7.09. The van der Waals surface area contributed by atoms with Crippen LogP contribution in [0.2, 0.25) is 0 Å². The van der Waals surface area contributed by atoms with E-state index in [-0.39, 0.29) is 0 Å².